The van der Waals surface area contributed by atoms with Gasteiger partial charge in [0.15, 0.2) is 11.6 Å². The van der Waals surface area contributed by atoms with Gasteiger partial charge in [0.2, 0.25) is 0 Å². The Hall–Kier alpha value is -2.74. The first-order chi connectivity index (χ1) is 13.6. The summed E-state index contributed by atoms with van der Waals surface area (Å²) in [7, 11) is 0. The Kier molecular flexibility index (Phi) is 3.97. The summed E-state index contributed by atoms with van der Waals surface area (Å²) in [5, 5.41) is 2.92. The van der Waals surface area contributed by atoms with E-state index >= 15 is 0 Å². The first-order valence-electron chi connectivity index (χ1n) is 9.46. The Labute approximate surface area is 160 Å². The van der Waals surface area contributed by atoms with E-state index in [-0.39, 0.29) is 46.7 Å². The van der Waals surface area contributed by atoms with E-state index in [9.17, 15) is 14.0 Å². The average molecular weight is 385 g/mol. The van der Waals surface area contributed by atoms with E-state index in [2.05, 4.69) is 10.3 Å². The number of pyridine rings is 1. The highest BCUT2D eigenvalue weighted by Gasteiger charge is 2.63. The number of fused-ring (bicyclic) bond motifs is 1. The molecule has 8 heteroatoms. The third-order valence-electron chi connectivity index (χ3n) is 6.32. The summed E-state index contributed by atoms with van der Waals surface area (Å²) in [6.07, 6.45) is 5.80. The Morgan fingerprint density at radius 2 is 2.29 bits per heavy atom. The summed E-state index contributed by atoms with van der Waals surface area (Å²) in [5.74, 6) is -0.699. The molecule has 3 aliphatic rings. The number of nitrogens with zero attached hydrogens (tertiary/aromatic N) is 2. The van der Waals surface area contributed by atoms with Gasteiger partial charge in [-0.25, -0.2) is 4.39 Å². The van der Waals surface area contributed by atoms with Crippen molar-refractivity contribution >= 4 is 11.8 Å². The van der Waals surface area contributed by atoms with Gasteiger partial charge in [-0.05, 0) is 31.0 Å². The van der Waals surface area contributed by atoms with E-state index in [4.69, 9.17) is 9.15 Å². The van der Waals surface area contributed by atoms with Crippen molar-refractivity contribution < 1.29 is 23.1 Å². The summed E-state index contributed by atoms with van der Waals surface area (Å²) in [5.41, 5.74) is -0.354. The van der Waals surface area contributed by atoms with Crippen molar-refractivity contribution in [3.05, 3.63) is 54.0 Å². The molecule has 2 bridgehead atoms. The fourth-order valence-electron chi connectivity index (χ4n) is 5.04. The lowest BCUT2D eigenvalue weighted by Crippen LogP contribution is -2.41. The minimum absolute atomic E-state index is 0.0311. The molecule has 2 amide bonds. The van der Waals surface area contributed by atoms with Gasteiger partial charge in [0.05, 0.1) is 36.3 Å². The number of likely N-dealkylation sites (tertiary alicyclic amines) is 1. The maximum absolute atomic E-state index is 14.0. The molecule has 0 radical (unpaired) electrons. The second-order valence-corrected chi connectivity index (χ2v) is 7.76. The maximum Gasteiger partial charge on any atom is 0.286 e. The number of carbonyl (C=O) groups excluding carboxylic acids is 2. The molecule has 7 nitrogen and oxygen atoms in total. The van der Waals surface area contributed by atoms with Crippen LogP contribution < -0.4 is 5.32 Å². The van der Waals surface area contributed by atoms with E-state index in [0.717, 1.165) is 19.0 Å². The molecule has 2 aromatic rings. The fourth-order valence-corrected chi connectivity index (χ4v) is 5.04. The van der Waals surface area contributed by atoms with Gasteiger partial charge >= 0.3 is 0 Å². The minimum atomic E-state index is -0.616. The largest absolute Gasteiger partial charge is 0.459 e. The molecule has 146 valence electrons. The van der Waals surface area contributed by atoms with E-state index in [1.807, 2.05) is 0 Å². The first-order valence-corrected chi connectivity index (χ1v) is 9.46. The normalized spacial score (nSPS) is 30.5. The lowest BCUT2D eigenvalue weighted by molar-refractivity contribution is 0.00311. The number of hydrogen-bond acceptors (Lipinski definition) is 5. The topological polar surface area (TPSA) is 84.7 Å². The van der Waals surface area contributed by atoms with Gasteiger partial charge in [-0.1, -0.05) is 0 Å². The van der Waals surface area contributed by atoms with Crippen molar-refractivity contribution in [3.8, 4) is 0 Å². The van der Waals surface area contributed by atoms with Crippen LogP contribution in [0.15, 0.2) is 41.3 Å². The monoisotopic (exact) mass is 385 g/mol. The van der Waals surface area contributed by atoms with Gasteiger partial charge in [0.1, 0.15) is 0 Å². The zero-order valence-electron chi connectivity index (χ0n) is 15.1. The molecule has 2 aromatic heterocycles. The van der Waals surface area contributed by atoms with Gasteiger partial charge < -0.3 is 19.4 Å². The summed E-state index contributed by atoms with van der Waals surface area (Å²) in [6.45, 7) is 1.41. The van der Waals surface area contributed by atoms with Gasteiger partial charge in [0, 0.05) is 31.1 Å². The molecular weight excluding hydrogens is 365 g/mol. The van der Waals surface area contributed by atoms with E-state index in [1.54, 1.807) is 17.0 Å². The average Bonchev–Trinajstić information content (AvgIpc) is 3.46. The Morgan fingerprint density at radius 1 is 1.39 bits per heavy atom. The first kappa shape index (κ1) is 17.4. The van der Waals surface area contributed by atoms with Crippen molar-refractivity contribution in [1.29, 1.82) is 0 Å². The standard InChI is InChI=1S/C20H20FN3O4/c21-15-9-22-6-4-12(15)19(26)24-10-14-13(16-3-5-20(14,11-24)28-16)8-23-18(25)17-2-1-7-27-17/h1-2,4,6-7,9,13-14,16H,3,5,8,10-11H2,(H,23,25)/t13-,14+,16+,20+/m0/s1. The highest BCUT2D eigenvalue weighted by Crippen LogP contribution is 2.54. The number of furan rings is 1. The molecule has 3 aliphatic heterocycles. The van der Waals surface area contributed by atoms with Gasteiger partial charge in [0.25, 0.3) is 11.8 Å². The SMILES string of the molecule is O=C(NC[C@H]1[C@H]2CN(C(=O)c3ccncc3F)C[C@]23CC[C@H]1O3)c1ccco1. The van der Waals surface area contributed by atoms with Crippen LogP contribution in [0.1, 0.15) is 33.8 Å². The van der Waals surface area contributed by atoms with E-state index in [0.29, 0.717) is 19.6 Å². The van der Waals surface area contributed by atoms with Gasteiger partial charge in [-0.15, -0.1) is 0 Å². The third kappa shape index (κ3) is 2.63. The molecule has 3 fully saturated rings. The quantitative estimate of drug-likeness (QED) is 0.869. The molecule has 5 heterocycles. The summed E-state index contributed by atoms with van der Waals surface area (Å²) in [6, 6.07) is 4.69. The van der Waals surface area contributed by atoms with Crippen LogP contribution in [0.2, 0.25) is 0 Å². The number of rotatable bonds is 4. The summed E-state index contributed by atoms with van der Waals surface area (Å²) >= 11 is 0. The maximum atomic E-state index is 14.0. The number of halogens is 1. The predicted molar refractivity (Wildman–Crippen MR) is 95.0 cm³/mol. The number of ether oxygens (including phenoxy) is 1. The lowest BCUT2D eigenvalue weighted by Gasteiger charge is -2.29. The molecule has 1 spiro atoms. The molecule has 0 aliphatic carbocycles. The van der Waals surface area contributed by atoms with Crippen LogP contribution in [-0.4, -0.2) is 53.0 Å². The summed E-state index contributed by atoms with van der Waals surface area (Å²) < 4.78 is 25.4. The molecule has 3 saturated heterocycles. The Balaban J connectivity index is 1.30. The van der Waals surface area contributed by atoms with Crippen molar-refractivity contribution in [2.24, 2.45) is 11.8 Å². The molecule has 1 N–H and O–H groups in total. The van der Waals surface area contributed by atoms with Gasteiger partial charge in [-0.3, -0.25) is 14.6 Å². The van der Waals surface area contributed by atoms with E-state index < -0.39 is 5.82 Å². The molecule has 5 rings (SSSR count). The predicted octanol–water partition coefficient (Wildman–Crippen LogP) is 1.86. The molecule has 28 heavy (non-hydrogen) atoms. The smallest absolute Gasteiger partial charge is 0.286 e. The van der Waals surface area contributed by atoms with Crippen LogP contribution in [0.3, 0.4) is 0 Å². The van der Waals surface area contributed by atoms with Crippen LogP contribution in [0, 0.1) is 17.7 Å². The highest BCUT2D eigenvalue weighted by atomic mass is 19.1. The van der Waals surface area contributed by atoms with Crippen molar-refractivity contribution in [3.63, 3.8) is 0 Å². The zero-order valence-corrected chi connectivity index (χ0v) is 15.1. The highest BCUT2D eigenvalue weighted by molar-refractivity contribution is 5.94. The number of carbonyl (C=O) groups is 2. The number of hydrogen-bond donors (Lipinski definition) is 1. The van der Waals surface area contributed by atoms with Crippen LogP contribution >= 0.6 is 0 Å². The van der Waals surface area contributed by atoms with Gasteiger partial charge in [-0.2, -0.15) is 0 Å². The summed E-state index contributed by atoms with van der Waals surface area (Å²) in [4.78, 5) is 30.4. The van der Waals surface area contributed by atoms with Crippen molar-refractivity contribution in [2.75, 3.05) is 19.6 Å². The van der Waals surface area contributed by atoms with Crippen molar-refractivity contribution in [1.82, 2.24) is 15.2 Å². The zero-order chi connectivity index (χ0) is 19.3. The second-order valence-electron chi connectivity index (χ2n) is 7.76. The van der Waals surface area contributed by atoms with Crippen LogP contribution in [-0.2, 0) is 4.74 Å². The molecule has 0 saturated carbocycles. The number of nitrogens with one attached hydrogen (secondary N) is 1. The molecular formula is C20H20FN3O4. The minimum Gasteiger partial charge on any atom is -0.459 e. The third-order valence-corrected chi connectivity index (χ3v) is 6.32. The molecule has 0 aromatic carbocycles. The second kappa shape index (κ2) is 6.41. The van der Waals surface area contributed by atoms with E-state index in [1.165, 1.54) is 18.5 Å². The number of aromatic nitrogens is 1. The Bertz CT molecular complexity index is 918. The fraction of sp³-hybridized carbons (Fsp3) is 0.450. The van der Waals surface area contributed by atoms with Crippen LogP contribution in [0.4, 0.5) is 4.39 Å². The lowest BCUT2D eigenvalue weighted by atomic mass is 9.73. The molecule has 0 unspecified atom stereocenters. The van der Waals surface area contributed by atoms with Crippen LogP contribution in [0.25, 0.3) is 0 Å². The van der Waals surface area contributed by atoms with Crippen molar-refractivity contribution in [2.45, 2.75) is 24.5 Å². The number of amides is 2. The Morgan fingerprint density at radius 3 is 3.07 bits per heavy atom. The molecule has 4 atom stereocenters. The van der Waals surface area contributed by atoms with Crippen LogP contribution in [0.5, 0.6) is 0 Å².